The van der Waals surface area contributed by atoms with Crippen molar-refractivity contribution in [2.24, 2.45) is 0 Å². The van der Waals surface area contributed by atoms with Crippen LogP contribution >= 0.6 is 0 Å². The zero-order valence-electron chi connectivity index (χ0n) is 19.4. The third-order valence-electron chi connectivity index (χ3n) is 6.85. The standard InChI is InChI=1S/C28H30N4O2/c1-2-15-31(16-3-1)17-5-6-21-9-11-22(12-10-21)18-27-29-28-8-4-7-24(32(28)30-27)23-13-14-25-26(19-23)34-20-33-25/h4,7-14,19H,1-3,5-6,15-18,20H2. The minimum atomic E-state index is 0.272. The largest absolute Gasteiger partial charge is 0.454 e. The van der Waals surface area contributed by atoms with Gasteiger partial charge in [0.25, 0.3) is 0 Å². The molecule has 0 saturated carbocycles. The number of likely N-dealkylation sites (tertiary alicyclic amines) is 1. The highest BCUT2D eigenvalue weighted by Gasteiger charge is 2.16. The van der Waals surface area contributed by atoms with Crippen molar-refractivity contribution in [1.82, 2.24) is 19.5 Å². The van der Waals surface area contributed by atoms with Gasteiger partial charge in [0, 0.05) is 12.0 Å². The molecule has 0 amide bonds. The molecular weight excluding hydrogens is 424 g/mol. The Kier molecular flexibility index (Phi) is 5.90. The van der Waals surface area contributed by atoms with E-state index in [-0.39, 0.29) is 6.79 Å². The number of nitrogens with zero attached hydrogens (tertiary/aromatic N) is 4. The van der Waals surface area contributed by atoms with Crippen LogP contribution in [0.3, 0.4) is 0 Å². The van der Waals surface area contributed by atoms with Crippen molar-refractivity contribution in [1.29, 1.82) is 0 Å². The molecule has 6 heteroatoms. The summed E-state index contributed by atoms with van der Waals surface area (Å²) in [5, 5.41) is 4.83. The van der Waals surface area contributed by atoms with Crippen LogP contribution in [0, 0.1) is 0 Å². The maximum Gasteiger partial charge on any atom is 0.231 e. The van der Waals surface area contributed by atoms with Crippen LogP contribution in [0.5, 0.6) is 11.5 Å². The van der Waals surface area contributed by atoms with E-state index in [0.29, 0.717) is 0 Å². The fourth-order valence-electron chi connectivity index (χ4n) is 5.00. The molecule has 1 saturated heterocycles. The summed E-state index contributed by atoms with van der Waals surface area (Å²) in [6.07, 6.45) is 7.22. The van der Waals surface area contributed by atoms with Crippen LogP contribution in [-0.4, -0.2) is 45.9 Å². The number of hydrogen-bond acceptors (Lipinski definition) is 5. The number of piperidine rings is 1. The molecule has 2 aromatic carbocycles. The van der Waals surface area contributed by atoms with E-state index in [1.807, 2.05) is 34.8 Å². The minimum Gasteiger partial charge on any atom is -0.454 e. The molecule has 2 aliphatic heterocycles. The lowest BCUT2D eigenvalue weighted by molar-refractivity contribution is 0.174. The molecule has 2 aliphatic rings. The fraction of sp³-hybridized carbons (Fsp3) is 0.357. The Balaban J connectivity index is 1.13. The number of hydrogen-bond donors (Lipinski definition) is 0. The number of benzene rings is 2. The maximum absolute atomic E-state index is 5.55. The van der Waals surface area contributed by atoms with E-state index in [1.54, 1.807) is 0 Å². The first-order valence-corrected chi connectivity index (χ1v) is 12.4. The summed E-state index contributed by atoms with van der Waals surface area (Å²) in [5.41, 5.74) is 5.51. The van der Waals surface area contributed by atoms with Gasteiger partial charge in [0.15, 0.2) is 23.0 Å². The quantitative estimate of drug-likeness (QED) is 0.387. The predicted octanol–water partition coefficient (Wildman–Crippen LogP) is 5.13. The van der Waals surface area contributed by atoms with E-state index in [4.69, 9.17) is 19.6 Å². The number of ether oxygens (including phenoxy) is 2. The molecule has 2 aromatic heterocycles. The second kappa shape index (κ2) is 9.47. The van der Waals surface area contributed by atoms with Crippen LogP contribution in [0.2, 0.25) is 0 Å². The molecule has 174 valence electrons. The normalized spacial score (nSPS) is 15.8. The Morgan fingerprint density at radius 2 is 1.65 bits per heavy atom. The van der Waals surface area contributed by atoms with E-state index >= 15 is 0 Å². The van der Waals surface area contributed by atoms with Gasteiger partial charge in [-0.1, -0.05) is 36.8 Å². The van der Waals surface area contributed by atoms with Gasteiger partial charge in [0.05, 0.1) is 5.69 Å². The first kappa shape index (κ1) is 21.2. The number of rotatable bonds is 7. The van der Waals surface area contributed by atoms with Crippen molar-refractivity contribution in [3.63, 3.8) is 0 Å². The molecule has 0 aliphatic carbocycles. The Morgan fingerprint density at radius 3 is 2.53 bits per heavy atom. The predicted molar refractivity (Wildman–Crippen MR) is 132 cm³/mol. The molecule has 0 spiro atoms. The molecule has 4 heterocycles. The molecule has 0 atom stereocenters. The summed E-state index contributed by atoms with van der Waals surface area (Å²) in [4.78, 5) is 7.40. The van der Waals surface area contributed by atoms with Crippen molar-refractivity contribution in [2.45, 2.75) is 38.5 Å². The lowest BCUT2D eigenvalue weighted by Gasteiger charge is -2.26. The van der Waals surface area contributed by atoms with Gasteiger partial charge < -0.3 is 14.4 Å². The highest BCUT2D eigenvalue weighted by molar-refractivity contribution is 5.67. The Labute approximate surface area is 200 Å². The summed E-state index contributed by atoms with van der Waals surface area (Å²) in [7, 11) is 0. The number of fused-ring (bicyclic) bond motifs is 2. The first-order valence-electron chi connectivity index (χ1n) is 12.4. The van der Waals surface area contributed by atoms with Gasteiger partial charge in [0.2, 0.25) is 6.79 Å². The zero-order valence-corrected chi connectivity index (χ0v) is 19.4. The minimum absolute atomic E-state index is 0.272. The van der Waals surface area contributed by atoms with Gasteiger partial charge >= 0.3 is 0 Å². The highest BCUT2D eigenvalue weighted by Crippen LogP contribution is 2.35. The van der Waals surface area contributed by atoms with Crippen molar-refractivity contribution < 1.29 is 9.47 Å². The number of aryl methyl sites for hydroxylation is 1. The molecule has 1 fully saturated rings. The maximum atomic E-state index is 5.55. The molecule has 34 heavy (non-hydrogen) atoms. The van der Waals surface area contributed by atoms with Crippen LogP contribution in [-0.2, 0) is 12.8 Å². The molecule has 6 nitrogen and oxygen atoms in total. The van der Waals surface area contributed by atoms with Crippen molar-refractivity contribution in [2.75, 3.05) is 26.4 Å². The van der Waals surface area contributed by atoms with E-state index < -0.39 is 0 Å². The zero-order chi connectivity index (χ0) is 22.7. The summed E-state index contributed by atoms with van der Waals surface area (Å²) in [5.74, 6) is 2.38. The molecule has 0 unspecified atom stereocenters. The summed E-state index contributed by atoms with van der Waals surface area (Å²) in [6.45, 7) is 4.05. The van der Waals surface area contributed by atoms with Crippen molar-refractivity contribution >= 4 is 5.65 Å². The summed E-state index contributed by atoms with van der Waals surface area (Å²) in [6, 6.07) is 21.0. The van der Waals surface area contributed by atoms with E-state index in [2.05, 4.69) is 35.2 Å². The number of aromatic nitrogens is 3. The molecule has 0 radical (unpaired) electrons. The van der Waals surface area contributed by atoms with Gasteiger partial charge in [-0.3, -0.25) is 0 Å². The van der Waals surface area contributed by atoms with Crippen LogP contribution in [0.4, 0.5) is 0 Å². The molecule has 0 N–H and O–H groups in total. The van der Waals surface area contributed by atoms with Gasteiger partial charge in [0.1, 0.15) is 0 Å². The summed E-state index contributed by atoms with van der Waals surface area (Å²) >= 11 is 0. The Morgan fingerprint density at radius 1 is 0.824 bits per heavy atom. The second-order valence-electron chi connectivity index (χ2n) is 9.28. The summed E-state index contributed by atoms with van der Waals surface area (Å²) < 4.78 is 12.9. The lowest BCUT2D eigenvalue weighted by Crippen LogP contribution is -2.30. The van der Waals surface area contributed by atoms with Gasteiger partial charge in [-0.2, -0.15) is 5.10 Å². The average Bonchev–Trinajstić information content (AvgIpc) is 3.51. The highest BCUT2D eigenvalue weighted by atomic mass is 16.7. The Bertz CT molecular complexity index is 1280. The number of pyridine rings is 1. The third kappa shape index (κ3) is 4.50. The van der Waals surface area contributed by atoms with Crippen LogP contribution in [0.25, 0.3) is 16.9 Å². The topological polar surface area (TPSA) is 51.9 Å². The lowest BCUT2D eigenvalue weighted by atomic mass is 10.0. The third-order valence-corrected chi connectivity index (χ3v) is 6.85. The van der Waals surface area contributed by atoms with E-state index in [1.165, 1.54) is 56.4 Å². The molecular formula is C28H30N4O2. The van der Waals surface area contributed by atoms with E-state index in [9.17, 15) is 0 Å². The average molecular weight is 455 g/mol. The van der Waals surface area contributed by atoms with E-state index in [0.717, 1.165) is 47.1 Å². The molecule has 4 aromatic rings. The van der Waals surface area contributed by atoms with Gasteiger partial charge in [-0.05, 0) is 86.8 Å². The van der Waals surface area contributed by atoms with Crippen molar-refractivity contribution in [3.8, 4) is 22.8 Å². The van der Waals surface area contributed by atoms with Crippen LogP contribution in [0.1, 0.15) is 42.6 Å². The van der Waals surface area contributed by atoms with Crippen LogP contribution in [0.15, 0.2) is 60.7 Å². The van der Waals surface area contributed by atoms with Crippen LogP contribution < -0.4 is 9.47 Å². The Hall–Kier alpha value is -3.38. The SMILES string of the molecule is c1cc(-c2ccc3c(c2)OCO3)n2nc(Cc3ccc(CCCN4CCCCC4)cc3)nc2c1. The van der Waals surface area contributed by atoms with Gasteiger partial charge in [-0.15, -0.1) is 0 Å². The van der Waals surface area contributed by atoms with Crippen molar-refractivity contribution in [3.05, 3.63) is 77.6 Å². The fourth-order valence-corrected chi connectivity index (χ4v) is 5.00. The smallest absolute Gasteiger partial charge is 0.231 e. The first-order chi connectivity index (χ1) is 16.8. The van der Waals surface area contributed by atoms with Gasteiger partial charge in [-0.25, -0.2) is 9.50 Å². The molecule has 6 rings (SSSR count). The monoisotopic (exact) mass is 454 g/mol. The molecule has 0 bridgehead atoms. The second-order valence-corrected chi connectivity index (χ2v) is 9.28.